The largest absolute Gasteiger partial charge is 0.497 e. The highest BCUT2D eigenvalue weighted by atomic mass is 16.5. The molecule has 0 unspecified atom stereocenters. The second-order valence-electron chi connectivity index (χ2n) is 4.86. The molecule has 1 N–H and O–H groups in total. The number of H-pyrrole nitrogens is 1. The molecule has 0 aliphatic rings. The third-order valence-corrected chi connectivity index (χ3v) is 3.57. The Bertz CT molecular complexity index is 805. The number of hydrogen-bond acceptors (Lipinski definition) is 3. The van der Waals surface area contributed by atoms with Crippen molar-refractivity contribution in [2.75, 3.05) is 7.11 Å². The highest BCUT2D eigenvalue weighted by molar-refractivity contribution is 6.16. The Labute approximate surface area is 122 Å². The molecule has 1 aromatic carbocycles. The number of nitrogens with one attached hydrogen (secondary N) is 1. The Morgan fingerprint density at radius 3 is 2.95 bits per heavy atom. The van der Waals surface area contributed by atoms with Crippen molar-refractivity contribution < 1.29 is 9.53 Å². The van der Waals surface area contributed by atoms with Gasteiger partial charge in [0, 0.05) is 28.9 Å². The number of ketones is 1. The molecule has 4 heteroatoms. The maximum atomic E-state index is 12.7. The smallest absolute Gasteiger partial charge is 0.195 e. The van der Waals surface area contributed by atoms with Crippen molar-refractivity contribution in [2.45, 2.75) is 13.3 Å². The molecule has 4 nitrogen and oxygen atoms in total. The Morgan fingerprint density at radius 2 is 2.19 bits per heavy atom. The lowest BCUT2D eigenvalue weighted by Gasteiger charge is -2.03. The van der Waals surface area contributed by atoms with Crippen LogP contribution in [0, 0.1) is 0 Å². The first-order valence-corrected chi connectivity index (χ1v) is 6.87. The van der Waals surface area contributed by atoms with Gasteiger partial charge in [-0.05, 0) is 30.2 Å². The van der Waals surface area contributed by atoms with Gasteiger partial charge in [-0.1, -0.05) is 19.1 Å². The number of hydrogen-bond donors (Lipinski definition) is 1. The number of aromatic amines is 1. The fraction of sp³-hybridized carbons (Fsp3) is 0.176. The predicted octanol–water partition coefficient (Wildman–Crippen LogP) is 3.36. The molecule has 21 heavy (non-hydrogen) atoms. The normalized spacial score (nSPS) is 10.8. The SMILES string of the molecule is CCc1cnc2[nH]cc(C(=O)c3cccc(OC)c3)c2c1. The lowest BCUT2D eigenvalue weighted by Crippen LogP contribution is -2.01. The summed E-state index contributed by atoms with van der Waals surface area (Å²) in [6.07, 6.45) is 4.44. The summed E-state index contributed by atoms with van der Waals surface area (Å²) in [4.78, 5) is 20.1. The zero-order valence-electron chi connectivity index (χ0n) is 12.0. The summed E-state index contributed by atoms with van der Waals surface area (Å²) >= 11 is 0. The molecule has 0 atom stereocenters. The standard InChI is InChI=1S/C17H16N2O2/c1-3-11-7-14-15(10-19-17(14)18-9-11)16(20)12-5-4-6-13(8-12)21-2/h4-10H,3H2,1-2H3,(H,18,19). The summed E-state index contributed by atoms with van der Waals surface area (Å²) < 4.78 is 5.17. The number of aryl methyl sites for hydroxylation is 1. The molecule has 0 bridgehead atoms. The molecule has 0 saturated carbocycles. The van der Waals surface area contributed by atoms with E-state index in [4.69, 9.17) is 4.74 Å². The third kappa shape index (κ3) is 2.40. The first kappa shape index (κ1) is 13.4. The first-order valence-electron chi connectivity index (χ1n) is 6.87. The number of ether oxygens (including phenoxy) is 1. The summed E-state index contributed by atoms with van der Waals surface area (Å²) in [7, 11) is 1.59. The van der Waals surface area contributed by atoms with E-state index < -0.39 is 0 Å². The molecular formula is C17H16N2O2. The van der Waals surface area contributed by atoms with E-state index in [-0.39, 0.29) is 5.78 Å². The number of pyridine rings is 1. The molecule has 3 rings (SSSR count). The second-order valence-corrected chi connectivity index (χ2v) is 4.86. The van der Waals surface area contributed by atoms with Crippen LogP contribution in [0.5, 0.6) is 5.75 Å². The minimum atomic E-state index is -0.0322. The van der Waals surface area contributed by atoms with E-state index in [0.717, 1.165) is 23.0 Å². The van der Waals surface area contributed by atoms with Crippen LogP contribution in [0.25, 0.3) is 11.0 Å². The van der Waals surface area contributed by atoms with Gasteiger partial charge in [0.15, 0.2) is 5.78 Å². The van der Waals surface area contributed by atoms with E-state index in [1.54, 1.807) is 25.4 Å². The van der Waals surface area contributed by atoms with Gasteiger partial charge < -0.3 is 9.72 Å². The van der Waals surface area contributed by atoms with Gasteiger partial charge in [0.25, 0.3) is 0 Å². The maximum absolute atomic E-state index is 12.7. The average Bonchev–Trinajstić information content (AvgIpc) is 2.97. The number of methoxy groups -OCH3 is 1. The Hall–Kier alpha value is -2.62. The van der Waals surface area contributed by atoms with Crippen molar-refractivity contribution in [3.63, 3.8) is 0 Å². The van der Waals surface area contributed by atoms with Crippen molar-refractivity contribution >= 4 is 16.8 Å². The molecule has 3 aromatic rings. The number of carbonyl (C=O) groups excluding carboxylic acids is 1. The minimum absolute atomic E-state index is 0.0322. The molecule has 0 saturated heterocycles. The molecule has 0 spiro atoms. The van der Waals surface area contributed by atoms with Gasteiger partial charge in [-0.2, -0.15) is 0 Å². The fourth-order valence-electron chi connectivity index (χ4n) is 2.35. The van der Waals surface area contributed by atoms with Crippen LogP contribution in [0.15, 0.2) is 42.7 Å². The molecule has 0 fully saturated rings. The van der Waals surface area contributed by atoms with E-state index in [0.29, 0.717) is 16.9 Å². The van der Waals surface area contributed by atoms with Gasteiger partial charge in [-0.25, -0.2) is 4.98 Å². The summed E-state index contributed by atoms with van der Waals surface area (Å²) in [5.41, 5.74) is 3.10. The molecule has 0 radical (unpaired) electrons. The van der Waals surface area contributed by atoms with Crippen LogP contribution in [0.1, 0.15) is 28.4 Å². The average molecular weight is 280 g/mol. The van der Waals surface area contributed by atoms with E-state index in [1.165, 1.54) is 0 Å². The van der Waals surface area contributed by atoms with Crippen molar-refractivity contribution in [3.8, 4) is 5.75 Å². The van der Waals surface area contributed by atoms with Crippen molar-refractivity contribution in [2.24, 2.45) is 0 Å². The van der Waals surface area contributed by atoms with Crippen molar-refractivity contribution in [1.82, 2.24) is 9.97 Å². The van der Waals surface area contributed by atoms with Crippen molar-refractivity contribution in [1.29, 1.82) is 0 Å². The molecule has 2 heterocycles. The Morgan fingerprint density at radius 1 is 1.33 bits per heavy atom. The third-order valence-electron chi connectivity index (χ3n) is 3.57. The zero-order valence-corrected chi connectivity index (χ0v) is 12.0. The van der Waals surface area contributed by atoms with Crippen LogP contribution in [0.2, 0.25) is 0 Å². The summed E-state index contributed by atoms with van der Waals surface area (Å²) in [5.74, 6) is 0.642. The number of carbonyl (C=O) groups is 1. The summed E-state index contributed by atoms with van der Waals surface area (Å²) in [6, 6.07) is 9.20. The zero-order chi connectivity index (χ0) is 14.8. The number of nitrogens with zero attached hydrogens (tertiary/aromatic N) is 1. The lowest BCUT2D eigenvalue weighted by molar-refractivity contribution is 0.104. The molecule has 0 aliphatic carbocycles. The van der Waals surface area contributed by atoms with E-state index in [9.17, 15) is 4.79 Å². The predicted molar refractivity (Wildman–Crippen MR) is 81.9 cm³/mol. The van der Waals surface area contributed by atoms with Gasteiger partial charge >= 0.3 is 0 Å². The molecular weight excluding hydrogens is 264 g/mol. The molecule has 0 amide bonds. The summed E-state index contributed by atoms with van der Waals surface area (Å²) in [5, 5.41) is 0.863. The van der Waals surface area contributed by atoms with Gasteiger partial charge in [-0.15, -0.1) is 0 Å². The van der Waals surface area contributed by atoms with Gasteiger partial charge in [0.2, 0.25) is 0 Å². The number of rotatable bonds is 4. The Balaban J connectivity index is 2.08. The topological polar surface area (TPSA) is 55.0 Å². The second kappa shape index (κ2) is 5.40. The minimum Gasteiger partial charge on any atom is -0.497 e. The number of benzene rings is 1. The molecule has 106 valence electrons. The molecule has 2 aromatic heterocycles. The van der Waals surface area contributed by atoms with Crippen LogP contribution in [0.3, 0.4) is 0 Å². The highest BCUT2D eigenvalue weighted by Gasteiger charge is 2.15. The van der Waals surface area contributed by atoms with Gasteiger partial charge in [0.05, 0.1) is 7.11 Å². The molecule has 0 aliphatic heterocycles. The van der Waals surface area contributed by atoms with Crippen LogP contribution in [-0.4, -0.2) is 22.9 Å². The van der Waals surface area contributed by atoms with Crippen LogP contribution >= 0.6 is 0 Å². The maximum Gasteiger partial charge on any atom is 0.195 e. The number of aromatic nitrogens is 2. The van der Waals surface area contributed by atoms with E-state index in [2.05, 4.69) is 16.9 Å². The van der Waals surface area contributed by atoms with Crippen LogP contribution < -0.4 is 4.74 Å². The first-order chi connectivity index (χ1) is 10.2. The van der Waals surface area contributed by atoms with Gasteiger partial charge in [-0.3, -0.25) is 4.79 Å². The van der Waals surface area contributed by atoms with E-state index >= 15 is 0 Å². The lowest BCUT2D eigenvalue weighted by atomic mass is 10.0. The van der Waals surface area contributed by atoms with E-state index in [1.807, 2.05) is 24.4 Å². The fourth-order valence-corrected chi connectivity index (χ4v) is 2.35. The quantitative estimate of drug-likeness (QED) is 0.745. The van der Waals surface area contributed by atoms with Crippen LogP contribution in [0.4, 0.5) is 0 Å². The van der Waals surface area contributed by atoms with Crippen LogP contribution in [-0.2, 0) is 6.42 Å². The number of fused-ring (bicyclic) bond motifs is 1. The van der Waals surface area contributed by atoms with Crippen molar-refractivity contribution in [3.05, 3.63) is 59.4 Å². The highest BCUT2D eigenvalue weighted by Crippen LogP contribution is 2.22. The monoisotopic (exact) mass is 280 g/mol. The Kier molecular flexibility index (Phi) is 3.44. The van der Waals surface area contributed by atoms with Gasteiger partial charge in [0.1, 0.15) is 11.4 Å². The summed E-state index contributed by atoms with van der Waals surface area (Å²) in [6.45, 7) is 2.07.